The Bertz CT molecular complexity index is 3270. The molecule has 0 bridgehead atoms. The van der Waals surface area contributed by atoms with Gasteiger partial charge < -0.3 is 13.6 Å². The van der Waals surface area contributed by atoms with Crippen LogP contribution in [0.15, 0.2) is 162 Å². The van der Waals surface area contributed by atoms with Crippen LogP contribution in [0.2, 0.25) is 19.6 Å². The third kappa shape index (κ3) is 11.0. The molecule has 0 N–H and O–H groups in total. The second-order valence-corrected chi connectivity index (χ2v) is 25.8. The molecular weight excluding hydrogens is 1060 g/mol. The van der Waals surface area contributed by atoms with Gasteiger partial charge in [0.25, 0.3) is 0 Å². The summed E-state index contributed by atoms with van der Waals surface area (Å²) in [6.45, 7) is 22.9. The molecule has 365 valence electrons. The molecule has 5 heteroatoms. The summed E-state index contributed by atoms with van der Waals surface area (Å²) in [5.41, 5.74) is 19.6. The van der Waals surface area contributed by atoms with Crippen LogP contribution >= 0.6 is 0 Å². The summed E-state index contributed by atoms with van der Waals surface area (Å²) in [5.74, 6) is 1.35. The van der Waals surface area contributed by atoms with Crippen molar-refractivity contribution in [1.82, 2.24) is 0 Å². The number of benzene rings is 6. The zero-order chi connectivity index (χ0) is 49.1. The molecule has 3 aromatic heterocycles. The molecule has 10 rings (SSSR count). The van der Waals surface area contributed by atoms with Gasteiger partial charge in [-0.2, -0.15) is 31.0 Å². The fraction of sp³-hybridized carbons (Fsp3) is 0.242. The van der Waals surface area contributed by atoms with Crippen LogP contribution in [0.4, 0.5) is 0 Å². The average molecular weight is 1130 g/mol. The van der Waals surface area contributed by atoms with Gasteiger partial charge in [-0.15, -0.1) is 29.3 Å². The second kappa shape index (κ2) is 22.0. The summed E-state index contributed by atoms with van der Waals surface area (Å²) in [7, 11) is 7.25. The largest absolute Gasteiger partial charge is 0.469 e. The Balaban J connectivity index is 0.000000191. The summed E-state index contributed by atoms with van der Waals surface area (Å²) >= 11 is 0. The van der Waals surface area contributed by atoms with E-state index in [1.807, 2.05) is 10.6 Å². The third-order valence-electron chi connectivity index (χ3n) is 14.9. The van der Waals surface area contributed by atoms with E-state index in [2.05, 4.69) is 225 Å². The molecule has 0 unspecified atom stereocenters. The van der Waals surface area contributed by atoms with Gasteiger partial charge in [0.15, 0.2) is 0 Å². The Morgan fingerprint density at radius 2 is 1.17 bits per heavy atom. The van der Waals surface area contributed by atoms with Crippen LogP contribution in [0.3, 0.4) is 0 Å². The van der Waals surface area contributed by atoms with E-state index in [0.717, 1.165) is 74.2 Å². The minimum absolute atomic E-state index is 0. The van der Waals surface area contributed by atoms with Crippen molar-refractivity contribution in [2.24, 2.45) is 5.92 Å². The number of fused-ring (bicyclic) bond motifs is 3. The predicted octanol–water partition coefficient (Wildman–Crippen LogP) is 16.7. The number of furan rings is 1. The van der Waals surface area contributed by atoms with Gasteiger partial charge in [0.1, 0.15) is 5.58 Å². The van der Waals surface area contributed by atoms with Gasteiger partial charge in [-0.05, 0) is 81.8 Å². The van der Waals surface area contributed by atoms with Crippen molar-refractivity contribution in [2.45, 2.75) is 97.7 Å². The van der Waals surface area contributed by atoms with Gasteiger partial charge in [0.05, 0.1) is 37.4 Å². The van der Waals surface area contributed by atoms with Crippen molar-refractivity contribution < 1.29 is 33.7 Å². The second-order valence-electron chi connectivity index (χ2n) is 20.8. The predicted molar refractivity (Wildman–Crippen MR) is 299 cm³/mol. The van der Waals surface area contributed by atoms with Gasteiger partial charge >= 0.3 is 0 Å². The van der Waals surface area contributed by atoms with E-state index in [1.54, 1.807) is 10.8 Å². The average Bonchev–Trinajstić information content (AvgIpc) is 3.73. The molecule has 71 heavy (non-hydrogen) atoms. The maximum absolute atomic E-state index is 6.51. The molecule has 0 atom stereocenters. The number of aryl methyl sites for hydroxylation is 1. The number of aromatic nitrogens is 2. The first-order valence-corrected chi connectivity index (χ1v) is 29.1. The molecule has 3 heterocycles. The normalized spacial score (nSPS) is 13.0. The Labute approximate surface area is 439 Å². The fourth-order valence-electron chi connectivity index (χ4n) is 11.0. The van der Waals surface area contributed by atoms with Crippen LogP contribution in [0.25, 0.3) is 77.8 Å². The van der Waals surface area contributed by atoms with E-state index >= 15 is 0 Å². The molecular formula is C66H70IrN2OSi-2. The molecule has 1 aliphatic carbocycles. The van der Waals surface area contributed by atoms with Crippen LogP contribution < -0.4 is 14.3 Å². The maximum atomic E-state index is 6.51. The molecule has 1 saturated carbocycles. The molecule has 1 aliphatic rings. The minimum atomic E-state index is -1.48. The standard InChI is InChI=1S/C36H32NO.C30H38NSi.Ir/c1-5-25(6-2)28-17-18-37(4)33(21-28)30-23-32-34(19-24(30)3)38-35-22-29(26-13-9-7-10-14-26)20-31(36(32)35)27-15-11-8-12-16-27;1-22-17-23(2)28(20-27(22)25-15-11-8-12-16-25)29-19-26(18-24-13-9-7-10-14-24)30(21-31(29)3)32(4,5)6;/h7-23,25H,3-6H2,1-2H3;8,11-12,15-17,19-21,24H,2-3,7,9-10,13-14,18H2,1,4-6H3;/q2*-1;. The number of hydrogen-bond acceptors (Lipinski definition) is 1. The monoisotopic (exact) mass is 1130 g/mol. The first-order chi connectivity index (χ1) is 33.8. The zero-order valence-corrected chi connectivity index (χ0v) is 46.2. The van der Waals surface area contributed by atoms with Gasteiger partial charge in [-0.3, -0.25) is 0 Å². The zero-order valence-electron chi connectivity index (χ0n) is 42.8. The minimum Gasteiger partial charge on any atom is -0.469 e. The molecule has 0 saturated heterocycles. The van der Waals surface area contributed by atoms with E-state index in [0.29, 0.717) is 5.92 Å². The van der Waals surface area contributed by atoms with E-state index in [-0.39, 0.29) is 20.1 Å². The van der Waals surface area contributed by atoms with Crippen LogP contribution in [-0.4, -0.2) is 8.07 Å². The summed E-state index contributed by atoms with van der Waals surface area (Å²) in [5, 5.41) is 3.77. The molecule has 0 spiro atoms. The summed E-state index contributed by atoms with van der Waals surface area (Å²) in [4.78, 5) is 0. The third-order valence-corrected chi connectivity index (χ3v) is 17.0. The van der Waals surface area contributed by atoms with Crippen molar-refractivity contribution in [1.29, 1.82) is 0 Å². The van der Waals surface area contributed by atoms with Crippen LogP contribution in [-0.2, 0) is 26.5 Å². The molecule has 0 amide bonds. The van der Waals surface area contributed by atoms with E-state index in [4.69, 9.17) is 4.42 Å². The molecule has 1 fully saturated rings. The van der Waals surface area contributed by atoms with Crippen LogP contribution in [0, 0.1) is 40.8 Å². The summed E-state index contributed by atoms with van der Waals surface area (Å²) in [6, 6.07) is 52.0. The van der Waals surface area contributed by atoms with E-state index in [1.165, 1.54) is 83.2 Å². The van der Waals surface area contributed by atoms with Crippen molar-refractivity contribution in [2.75, 3.05) is 0 Å². The Morgan fingerprint density at radius 3 is 1.79 bits per heavy atom. The Hall–Kier alpha value is -6.23. The van der Waals surface area contributed by atoms with E-state index < -0.39 is 8.07 Å². The number of nitrogens with zero attached hydrogens (tertiary/aromatic N) is 2. The molecule has 9 aromatic rings. The molecule has 3 nitrogen and oxygen atoms in total. The van der Waals surface area contributed by atoms with Crippen molar-refractivity contribution in [3.8, 4) is 55.9 Å². The smallest absolute Gasteiger partial charge is 0.134 e. The van der Waals surface area contributed by atoms with Crippen molar-refractivity contribution >= 4 is 35.2 Å². The number of rotatable bonds is 11. The fourth-order valence-corrected chi connectivity index (χ4v) is 12.7. The maximum Gasteiger partial charge on any atom is 0.134 e. The van der Waals surface area contributed by atoms with Gasteiger partial charge in [-0.1, -0.05) is 198 Å². The molecule has 1 radical (unpaired) electrons. The molecule has 6 aromatic carbocycles. The van der Waals surface area contributed by atoms with Crippen LogP contribution in [0.1, 0.15) is 92.5 Å². The van der Waals surface area contributed by atoms with E-state index in [9.17, 15) is 0 Å². The van der Waals surface area contributed by atoms with Gasteiger partial charge in [-0.25, -0.2) is 0 Å². The molecule has 0 aliphatic heterocycles. The van der Waals surface area contributed by atoms with Gasteiger partial charge in [0, 0.05) is 45.0 Å². The topological polar surface area (TPSA) is 20.9 Å². The number of hydrogen-bond donors (Lipinski definition) is 0. The summed E-state index contributed by atoms with van der Waals surface area (Å²) < 4.78 is 10.6. The van der Waals surface area contributed by atoms with Crippen LogP contribution in [0.5, 0.6) is 0 Å². The SMILES string of the molecule is [CH2-]c1cc(C)c(-c2ccccc2)cc1-c1cc(CC2CCCCC2)c([Si](C)(C)C)c[n+]1[CH2-].[CH2-]c1cc2oc3cc(-c4ccccc4)cc(-c4ccccc4)c3c2cc1-c1cc(C(CC)CC)cc[n+]1[CH2-].[Ir]. The van der Waals surface area contributed by atoms with Crippen molar-refractivity contribution in [3.63, 3.8) is 0 Å². The Morgan fingerprint density at radius 1 is 0.592 bits per heavy atom. The summed E-state index contributed by atoms with van der Waals surface area (Å²) in [6.07, 6.45) is 14.8. The first-order valence-electron chi connectivity index (χ1n) is 25.6. The van der Waals surface area contributed by atoms with Gasteiger partial charge in [0.2, 0.25) is 0 Å². The quantitative estimate of drug-likeness (QED) is 0.0718. The van der Waals surface area contributed by atoms with Crippen molar-refractivity contribution in [3.05, 3.63) is 214 Å². The Kier molecular flexibility index (Phi) is 15.9. The number of pyridine rings is 2. The first kappa shape index (κ1) is 51.1.